The average molecular weight is 391 g/mol. The van der Waals surface area contributed by atoms with Crippen molar-refractivity contribution in [2.75, 3.05) is 25.6 Å². The Kier molecular flexibility index (Phi) is 7.46. The molecule has 27 heavy (non-hydrogen) atoms. The number of pyridine rings is 1. The van der Waals surface area contributed by atoms with Crippen LogP contribution in [0.1, 0.15) is 24.5 Å². The van der Waals surface area contributed by atoms with Crippen LogP contribution in [0.15, 0.2) is 47.6 Å². The summed E-state index contributed by atoms with van der Waals surface area (Å²) in [4.78, 5) is 15.7. The first-order chi connectivity index (χ1) is 12.9. The van der Waals surface area contributed by atoms with Crippen molar-refractivity contribution in [2.24, 2.45) is 0 Å². The molecule has 0 atom stereocenters. The molecule has 146 valence electrons. The first-order valence-electron chi connectivity index (χ1n) is 8.67. The number of sulfonamides is 1. The number of benzene rings is 1. The van der Waals surface area contributed by atoms with E-state index in [1.807, 2.05) is 0 Å². The van der Waals surface area contributed by atoms with E-state index in [0.29, 0.717) is 17.7 Å². The van der Waals surface area contributed by atoms with Crippen molar-refractivity contribution < 1.29 is 17.9 Å². The molecule has 0 aliphatic carbocycles. The number of anilines is 1. The Morgan fingerprint density at radius 1 is 1.22 bits per heavy atom. The molecule has 0 aliphatic rings. The summed E-state index contributed by atoms with van der Waals surface area (Å²) in [6.07, 6.45) is 3.62. The monoisotopic (exact) mass is 391 g/mol. The van der Waals surface area contributed by atoms with Crippen LogP contribution in [0.4, 0.5) is 5.69 Å². The van der Waals surface area contributed by atoms with Crippen LogP contribution >= 0.6 is 0 Å². The summed E-state index contributed by atoms with van der Waals surface area (Å²) >= 11 is 0. The van der Waals surface area contributed by atoms with Gasteiger partial charge in [-0.05, 0) is 48.4 Å². The molecule has 1 heterocycles. The van der Waals surface area contributed by atoms with Crippen LogP contribution in [-0.2, 0) is 26.1 Å². The lowest BCUT2D eigenvalue weighted by Crippen LogP contribution is -2.34. The molecule has 0 radical (unpaired) electrons. The number of carbonyl (C=O) groups is 1. The van der Waals surface area contributed by atoms with Gasteiger partial charge in [0.25, 0.3) is 0 Å². The molecule has 0 unspecified atom stereocenters. The normalized spacial score (nSPS) is 11.6. The molecule has 0 saturated heterocycles. The van der Waals surface area contributed by atoms with Crippen LogP contribution < -0.4 is 5.32 Å². The van der Waals surface area contributed by atoms with Gasteiger partial charge in [-0.25, -0.2) is 8.42 Å². The lowest BCUT2D eigenvalue weighted by molar-refractivity contribution is -0.115. The van der Waals surface area contributed by atoms with Gasteiger partial charge < -0.3 is 10.1 Å². The molecule has 1 amide bonds. The molecule has 1 aromatic heterocycles. The molecule has 0 aliphatic heterocycles. The minimum atomic E-state index is -3.73. The fourth-order valence-corrected chi connectivity index (χ4v) is 4.19. The van der Waals surface area contributed by atoms with E-state index in [1.54, 1.807) is 50.5 Å². The fourth-order valence-electron chi connectivity index (χ4n) is 2.57. The maximum absolute atomic E-state index is 13.2. The highest BCUT2D eigenvalue weighted by Crippen LogP contribution is 2.24. The van der Waals surface area contributed by atoms with Crippen molar-refractivity contribution in [1.29, 1.82) is 0 Å². The standard InChI is InChI=1S/C19H25N3O4S/c1-4-19(23)21-17-5-6-18(15(2)13-17)27(24,25)22(11-12-26-3)14-16-7-9-20-10-8-16/h5-10,13H,4,11-12,14H2,1-3H3,(H,21,23). The van der Waals surface area contributed by atoms with E-state index in [4.69, 9.17) is 4.74 Å². The number of hydrogen-bond acceptors (Lipinski definition) is 5. The van der Waals surface area contributed by atoms with Gasteiger partial charge in [0.05, 0.1) is 11.5 Å². The lowest BCUT2D eigenvalue weighted by Gasteiger charge is -2.23. The summed E-state index contributed by atoms with van der Waals surface area (Å²) in [5.41, 5.74) is 1.99. The fraction of sp³-hybridized carbons (Fsp3) is 0.368. The predicted octanol–water partition coefficient (Wildman–Crippen LogP) is 2.58. The second kappa shape index (κ2) is 9.59. The van der Waals surface area contributed by atoms with Crippen LogP contribution in [-0.4, -0.2) is 43.9 Å². The topological polar surface area (TPSA) is 88.6 Å². The van der Waals surface area contributed by atoms with Gasteiger partial charge in [0.2, 0.25) is 15.9 Å². The number of nitrogens with one attached hydrogen (secondary N) is 1. The number of carbonyl (C=O) groups excluding carboxylic acids is 1. The zero-order chi connectivity index (χ0) is 19.9. The number of aromatic nitrogens is 1. The third kappa shape index (κ3) is 5.59. The van der Waals surface area contributed by atoms with Crippen molar-refractivity contribution in [3.63, 3.8) is 0 Å². The molecule has 1 aromatic carbocycles. The van der Waals surface area contributed by atoms with Crippen LogP contribution in [0.25, 0.3) is 0 Å². The lowest BCUT2D eigenvalue weighted by atomic mass is 10.2. The summed E-state index contributed by atoms with van der Waals surface area (Å²) in [6.45, 7) is 4.22. The number of ether oxygens (including phenoxy) is 1. The third-order valence-corrected chi connectivity index (χ3v) is 6.06. The number of methoxy groups -OCH3 is 1. The second-order valence-corrected chi connectivity index (χ2v) is 7.98. The maximum Gasteiger partial charge on any atom is 0.243 e. The molecule has 7 nitrogen and oxygen atoms in total. The quantitative estimate of drug-likeness (QED) is 0.710. The van der Waals surface area contributed by atoms with Gasteiger partial charge in [0, 0.05) is 44.7 Å². The molecule has 0 fully saturated rings. The second-order valence-electron chi connectivity index (χ2n) is 6.07. The molecule has 1 N–H and O–H groups in total. The van der Waals surface area contributed by atoms with E-state index in [2.05, 4.69) is 10.3 Å². The molecule has 2 aromatic rings. The highest BCUT2D eigenvalue weighted by atomic mass is 32.2. The molecule has 0 spiro atoms. The zero-order valence-corrected chi connectivity index (χ0v) is 16.6. The Hall–Kier alpha value is -2.29. The average Bonchev–Trinajstić information content (AvgIpc) is 2.65. The summed E-state index contributed by atoms with van der Waals surface area (Å²) in [6, 6.07) is 8.37. The van der Waals surface area contributed by atoms with Crippen LogP contribution in [0.2, 0.25) is 0 Å². The van der Waals surface area contributed by atoms with Gasteiger partial charge in [0.1, 0.15) is 0 Å². The van der Waals surface area contributed by atoms with Gasteiger partial charge in [-0.1, -0.05) is 6.92 Å². The molecular formula is C19H25N3O4S. The Morgan fingerprint density at radius 3 is 2.52 bits per heavy atom. The van der Waals surface area contributed by atoms with Gasteiger partial charge in [-0.2, -0.15) is 4.31 Å². The number of hydrogen-bond donors (Lipinski definition) is 1. The third-order valence-electron chi connectivity index (χ3n) is 4.05. The highest BCUT2D eigenvalue weighted by molar-refractivity contribution is 7.89. The van der Waals surface area contributed by atoms with E-state index >= 15 is 0 Å². The van der Waals surface area contributed by atoms with Crippen molar-refractivity contribution in [3.8, 4) is 0 Å². The molecule has 8 heteroatoms. The molecular weight excluding hydrogens is 366 g/mol. The van der Waals surface area contributed by atoms with Gasteiger partial charge in [-0.3, -0.25) is 9.78 Å². The van der Waals surface area contributed by atoms with Crippen molar-refractivity contribution in [1.82, 2.24) is 9.29 Å². The molecule has 0 bridgehead atoms. The largest absolute Gasteiger partial charge is 0.383 e. The van der Waals surface area contributed by atoms with E-state index in [1.165, 1.54) is 17.5 Å². The Morgan fingerprint density at radius 2 is 1.93 bits per heavy atom. The molecule has 0 saturated carbocycles. The summed E-state index contributed by atoms with van der Waals surface area (Å²) in [5, 5.41) is 2.74. The van der Waals surface area contributed by atoms with Crippen LogP contribution in [0, 0.1) is 6.92 Å². The van der Waals surface area contributed by atoms with Crippen LogP contribution in [0.5, 0.6) is 0 Å². The first-order valence-corrected chi connectivity index (χ1v) is 10.1. The molecule has 2 rings (SSSR count). The Bertz CT molecular complexity index is 870. The Balaban J connectivity index is 2.32. The minimum absolute atomic E-state index is 0.121. The summed E-state index contributed by atoms with van der Waals surface area (Å²) in [7, 11) is -2.20. The zero-order valence-electron chi connectivity index (χ0n) is 15.8. The van der Waals surface area contributed by atoms with Gasteiger partial charge in [0.15, 0.2) is 0 Å². The van der Waals surface area contributed by atoms with E-state index in [9.17, 15) is 13.2 Å². The predicted molar refractivity (Wildman–Crippen MR) is 104 cm³/mol. The SMILES string of the molecule is CCC(=O)Nc1ccc(S(=O)(=O)N(CCOC)Cc2ccncc2)c(C)c1. The van der Waals surface area contributed by atoms with E-state index in [0.717, 1.165) is 5.56 Å². The summed E-state index contributed by atoms with van der Waals surface area (Å²) in [5.74, 6) is -0.121. The van der Waals surface area contributed by atoms with Crippen molar-refractivity contribution >= 4 is 21.6 Å². The Labute approximate surface area is 160 Å². The maximum atomic E-state index is 13.2. The smallest absolute Gasteiger partial charge is 0.243 e. The number of aryl methyl sites for hydroxylation is 1. The first kappa shape index (κ1) is 21.0. The highest BCUT2D eigenvalue weighted by Gasteiger charge is 2.26. The van der Waals surface area contributed by atoms with E-state index < -0.39 is 10.0 Å². The van der Waals surface area contributed by atoms with Crippen molar-refractivity contribution in [2.45, 2.75) is 31.7 Å². The number of rotatable bonds is 9. The minimum Gasteiger partial charge on any atom is -0.383 e. The van der Waals surface area contributed by atoms with Crippen molar-refractivity contribution in [3.05, 3.63) is 53.9 Å². The van der Waals surface area contributed by atoms with Gasteiger partial charge >= 0.3 is 0 Å². The van der Waals surface area contributed by atoms with E-state index in [-0.39, 0.29) is 30.5 Å². The number of amides is 1. The number of nitrogens with zero attached hydrogens (tertiary/aromatic N) is 2. The summed E-state index contributed by atoms with van der Waals surface area (Å²) < 4.78 is 32.9. The van der Waals surface area contributed by atoms with Gasteiger partial charge in [-0.15, -0.1) is 0 Å². The van der Waals surface area contributed by atoms with Crippen LogP contribution in [0.3, 0.4) is 0 Å².